The minimum atomic E-state index is -0.727. The first-order valence-corrected chi connectivity index (χ1v) is 9.53. The Balaban J connectivity index is 1.93. The van der Waals surface area contributed by atoms with Crippen LogP contribution in [0.2, 0.25) is 5.02 Å². The summed E-state index contributed by atoms with van der Waals surface area (Å²) < 4.78 is 0. The second-order valence-electron chi connectivity index (χ2n) is 6.92. The molecule has 1 N–H and O–H groups in total. The van der Waals surface area contributed by atoms with Crippen molar-refractivity contribution in [1.82, 2.24) is 0 Å². The lowest BCUT2D eigenvalue weighted by Gasteiger charge is -2.25. The van der Waals surface area contributed by atoms with E-state index in [0.29, 0.717) is 16.3 Å². The largest absolute Gasteiger partial charge is 0.507 e. The SMILES string of the molecule is Cc1ccc(N2C(=O)C(=O)C(=C(O)c3ccc(Cl)cc3)[C@@H]2c2ccccc2)cc1. The predicted octanol–water partition coefficient (Wildman–Crippen LogP) is 5.27. The number of aryl methyl sites for hydroxylation is 1. The van der Waals surface area contributed by atoms with E-state index in [0.717, 1.165) is 11.1 Å². The number of Topliss-reactive ketones (excluding diaryl/α,β-unsaturated/α-hetero) is 1. The minimum absolute atomic E-state index is 0.0593. The highest BCUT2D eigenvalue weighted by atomic mass is 35.5. The summed E-state index contributed by atoms with van der Waals surface area (Å²) in [5.41, 5.74) is 2.87. The summed E-state index contributed by atoms with van der Waals surface area (Å²) in [5.74, 6) is -1.60. The minimum Gasteiger partial charge on any atom is -0.507 e. The molecule has 4 nitrogen and oxygen atoms in total. The second kappa shape index (κ2) is 7.57. The summed E-state index contributed by atoms with van der Waals surface area (Å²) in [5, 5.41) is 11.5. The molecule has 1 amide bonds. The average Bonchev–Trinajstić information content (AvgIpc) is 3.00. The van der Waals surface area contributed by atoms with Crippen molar-refractivity contribution in [2.24, 2.45) is 0 Å². The molecule has 0 unspecified atom stereocenters. The zero-order chi connectivity index (χ0) is 20.5. The van der Waals surface area contributed by atoms with Crippen molar-refractivity contribution in [2.75, 3.05) is 4.90 Å². The summed E-state index contributed by atoms with van der Waals surface area (Å²) in [6.07, 6.45) is 0. The first-order valence-electron chi connectivity index (χ1n) is 9.16. The van der Waals surface area contributed by atoms with Gasteiger partial charge in [0.05, 0.1) is 11.6 Å². The lowest BCUT2D eigenvalue weighted by molar-refractivity contribution is -0.132. The maximum absolute atomic E-state index is 13.0. The van der Waals surface area contributed by atoms with Gasteiger partial charge in [0, 0.05) is 16.3 Å². The van der Waals surface area contributed by atoms with Crippen LogP contribution in [0.1, 0.15) is 22.7 Å². The van der Waals surface area contributed by atoms with Crippen LogP contribution < -0.4 is 4.90 Å². The van der Waals surface area contributed by atoms with E-state index in [9.17, 15) is 14.7 Å². The van der Waals surface area contributed by atoms with Crippen molar-refractivity contribution < 1.29 is 14.7 Å². The van der Waals surface area contributed by atoms with Crippen LogP contribution in [0.3, 0.4) is 0 Å². The molecular formula is C24H18ClNO3. The molecule has 3 aromatic carbocycles. The molecule has 5 heteroatoms. The van der Waals surface area contributed by atoms with Crippen LogP contribution in [-0.4, -0.2) is 16.8 Å². The number of aliphatic hydroxyl groups is 1. The zero-order valence-electron chi connectivity index (χ0n) is 15.7. The van der Waals surface area contributed by atoms with E-state index >= 15 is 0 Å². The summed E-state index contributed by atoms with van der Waals surface area (Å²) >= 11 is 5.94. The number of hydrogen-bond donors (Lipinski definition) is 1. The van der Waals surface area contributed by atoms with Gasteiger partial charge in [-0.3, -0.25) is 14.5 Å². The molecule has 3 aromatic rings. The number of halogens is 1. The van der Waals surface area contributed by atoms with Crippen LogP contribution in [0.25, 0.3) is 5.76 Å². The van der Waals surface area contributed by atoms with E-state index in [-0.39, 0.29) is 11.3 Å². The molecule has 4 rings (SSSR count). The topological polar surface area (TPSA) is 57.6 Å². The fourth-order valence-electron chi connectivity index (χ4n) is 3.52. The maximum Gasteiger partial charge on any atom is 0.300 e. The summed E-state index contributed by atoms with van der Waals surface area (Å²) in [7, 11) is 0. The lowest BCUT2D eigenvalue weighted by Crippen LogP contribution is -2.29. The van der Waals surface area contributed by atoms with Crippen LogP contribution in [0, 0.1) is 6.92 Å². The third-order valence-corrected chi connectivity index (χ3v) is 5.24. The van der Waals surface area contributed by atoms with Crippen molar-refractivity contribution in [3.8, 4) is 0 Å². The normalized spacial score (nSPS) is 18.3. The number of amides is 1. The molecule has 1 heterocycles. The van der Waals surface area contributed by atoms with Crippen LogP contribution >= 0.6 is 11.6 Å². The van der Waals surface area contributed by atoms with E-state index in [4.69, 9.17) is 11.6 Å². The quantitative estimate of drug-likeness (QED) is 0.368. The molecule has 0 saturated carbocycles. The van der Waals surface area contributed by atoms with E-state index in [1.807, 2.05) is 49.4 Å². The third kappa shape index (κ3) is 3.43. The Hall–Kier alpha value is -3.37. The first-order chi connectivity index (χ1) is 14.0. The van der Waals surface area contributed by atoms with Gasteiger partial charge in [0.15, 0.2) is 0 Å². The van der Waals surface area contributed by atoms with Gasteiger partial charge in [0.25, 0.3) is 11.7 Å². The van der Waals surface area contributed by atoms with Gasteiger partial charge in [-0.2, -0.15) is 0 Å². The number of hydrogen-bond acceptors (Lipinski definition) is 3. The molecule has 0 radical (unpaired) electrons. The Morgan fingerprint density at radius 3 is 2.14 bits per heavy atom. The van der Waals surface area contributed by atoms with Crippen molar-refractivity contribution in [2.45, 2.75) is 13.0 Å². The van der Waals surface area contributed by atoms with Crippen molar-refractivity contribution in [1.29, 1.82) is 0 Å². The van der Waals surface area contributed by atoms with Crippen LogP contribution in [0.15, 0.2) is 84.4 Å². The molecule has 29 heavy (non-hydrogen) atoms. The van der Waals surface area contributed by atoms with Gasteiger partial charge in [-0.1, -0.05) is 59.6 Å². The van der Waals surface area contributed by atoms with E-state index in [2.05, 4.69) is 0 Å². The van der Waals surface area contributed by atoms with Crippen molar-refractivity contribution in [3.63, 3.8) is 0 Å². The molecule has 144 valence electrons. The summed E-state index contributed by atoms with van der Waals surface area (Å²) in [4.78, 5) is 27.4. The Bertz CT molecular complexity index is 1100. The zero-order valence-corrected chi connectivity index (χ0v) is 16.4. The highest BCUT2D eigenvalue weighted by molar-refractivity contribution is 6.51. The number of rotatable bonds is 3. The molecule has 0 aromatic heterocycles. The van der Waals surface area contributed by atoms with Gasteiger partial charge in [0.2, 0.25) is 0 Å². The van der Waals surface area contributed by atoms with Gasteiger partial charge >= 0.3 is 0 Å². The fourth-order valence-corrected chi connectivity index (χ4v) is 3.64. The number of anilines is 1. The molecule has 1 aliphatic heterocycles. The monoisotopic (exact) mass is 403 g/mol. The maximum atomic E-state index is 13.0. The number of nitrogens with zero attached hydrogens (tertiary/aromatic N) is 1. The molecular weight excluding hydrogens is 386 g/mol. The number of aliphatic hydroxyl groups excluding tert-OH is 1. The van der Waals surface area contributed by atoms with Crippen molar-refractivity contribution in [3.05, 3.63) is 106 Å². The Morgan fingerprint density at radius 2 is 1.52 bits per heavy atom. The fraction of sp³-hybridized carbons (Fsp3) is 0.0833. The Labute approximate surface area is 173 Å². The standard InChI is InChI=1S/C24H18ClNO3/c1-15-7-13-19(14-8-15)26-21(16-5-3-2-4-6-16)20(23(28)24(26)29)22(27)17-9-11-18(25)12-10-17/h2-14,21,27H,1H3/t21-/m0/s1. The van der Waals surface area contributed by atoms with Crippen molar-refractivity contribution >= 4 is 34.7 Å². The van der Waals surface area contributed by atoms with Gasteiger partial charge in [-0.05, 0) is 48.9 Å². The molecule has 1 fully saturated rings. The second-order valence-corrected chi connectivity index (χ2v) is 7.36. The predicted molar refractivity (Wildman–Crippen MR) is 114 cm³/mol. The van der Waals surface area contributed by atoms with E-state index < -0.39 is 17.7 Å². The molecule has 1 saturated heterocycles. The lowest BCUT2D eigenvalue weighted by atomic mass is 9.95. The number of carbonyl (C=O) groups is 2. The van der Waals surface area contributed by atoms with Gasteiger partial charge in [-0.15, -0.1) is 0 Å². The van der Waals surface area contributed by atoms with Gasteiger partial charge in [-0.25, -0.2) is 0 Å². The van der Waals surface area contributed by atoms with E-state index in [1.165, 1.54) is 4.90 Å². The number of benzene rings is 3. The molecule has 1 aliphatic rings. The highest BCUT2D eigenvalue weighted by Crippen LogP contribution is 2.42. The van der Waals surface area contributed by atoms with Gasteiger partial charge < -0.3 is 5.11 Å². The molecule has 0 spiro atoms. The average molecular weight is 404 g/mol. The number of ketones is 1. The van der Waals surface area contributed by atoms with Crippen LogP contribution in [-0.2, 0) is 9.59 Å². The highest BCUT2D eigenvalue weighted by Gasteiger charge is 2.46. The van der Waals surface area contributed by atoms with Crippen LogP contribution in [0.4, 0.5) is 5.69 Å². The Morgan fingerprint density at radius 1 is 0.897 bits per heavy atom. The first kappa shape index (κ1) is 19.0. The number of carbonyl (C=O) groups excluding carboxylic acids is 2. The van der Waals surface area contributed by atoms with Gasteiger partial charge in [0.1, 0.15) is 5.76 Å². The molecule has 0 aliphatic carbocycles. The van der Waals surface area contributed by atoms with E-state index in [1.54, 1.807) is 36.4 Å². The summed E-state index contributed by atoms with van der Waals surface area (Å²) in [6, 6.07) is 22.4. The molecule has 1 atom stereocenters. The smallest absolute Gasteiger partial charge is 0.300 e. The third-order valence-electron chi connectivity index (χ3n) is 4.99. The van der Waals surface area contributed by atoms with Crippen LogP contribution in [0.5, 0.6) is 0 Å². The Kier molecular flexibility index (Phi) is 4.95. The molecule has 0 bridgehead atoms. The summed E-state index contributed by atoms with van der Waals surface area (Å²) in [6.45, 7) is 1.95.